The Morgan fingerprint density at radius 1 is 1.17 bits per heavy atom. The number of halogens is 1. The van der Waals surface area contributed by atoms with Gasteiger partial charge in [-0.25, -0.2) is 9.97 Å². The summed E-state index contributed by atoms with van der Waals surface area (Å²) >= 11 is 6.10. The number of rotatable bonds is 3. The number of benzene rings is 1. The van der Waals surface area contributed by atoms with Crippen molar-refractivity contribution in [2.45, 2.75) is 19.4 Å². The van der Waals surface area contributed by atoms with E-state index in [-0.39, 0.29) is 0 Å². The second-order valence-corrected chi connectivity index (χ2v) is 6.54. The highest BCUT2D eigenvalue weighted by molar-refractivity contribution is 6.31. The zero-order valence-electron chi connectivity index (χ0n) is 12.9. The zero-order chi connectivity index (χ0) is 15.6. The highest BCUT2D eigenvalue weighted by Crippen LogP contribution is 2.27. The summed E-state index contributed by atoms with van der Waals surface area (Å²) < 4.78 is 2.26. The van der Waals surface area contributed by atoms with Gasteiger partial charge >= 0.3 is 0 Å². The van der Waals surface area contributed by atoms with Crippen LogP contribution in [0.3, 0.4) is 0 Å². The van der Waals surface area contributed by atoms with Crippen LogP contribution in [0.15, 0.2) is 42.6 Å². The van der Waals surface area contributed by atoms with E-state index in [0.29, 0.717) is 10.9 Å². The van der Waals surface area contributed by atoms with Crippen LogP contribution in [0.1, 0.15) is 12.8 Å². The van der Waals surface area contributed by atoms with Crippen LogP contribution in [-0.2, 0) is 6.54 Å². The van der Waals surface area contributed by atoms with Gasteiger partial charge in [0.2, 0.25) is 0 Å². The summed E-state index contributed by atoms with van der Waals surface area (Å²) in [6.07, 6.45) is 4.10. The zero-order valence-corrected chi connectivity index (χ0v) is 13.6. The average molecular weight is 327 g/mol. The summed E-state index contributed by atoms with van der Waals surface area (Å²) in [5.74, 6) is 1.64. The number of hydrogen-bond acceptors (Lipinski definition) is 3. The minimum absolute atomic E-state index is 0.628. The summed E-state index contributed by atoms with van der Waals surface area (Å²) in [7, 11) is 0. The number of hydrogen-bond donors (Lipinski definition) is 1. The summed E-state index contributed by atoms with van der Waals surface area (Å²) in [4.78, 5) is 9.35. The number of fused-ring (bicyclic) bond motifs is 1. The number of piperidine rings is 1. The molecule has 1 aliphatic heterocycles. The molecule has 0 amide bonds. The Balaban J connectivity index is 1.81. The molecule has 3 aromatic rings. The fourth-order valence-corrected chi connectivity index (χ4v) is 3.44. The van der Waals surface area contributed by atoms with Crippen molar-refractivity contribution in [3.8, 4) is 11.4 Å². The van der Waals surface area contributed by atoms with Crippen LogP contribution in [-0.4, -0.2) is 27.6 Å². The van der Waals surface area contributed by atoms with Gasteiger partial charge in [-0.2, -0.15) is 0 Å². The molecule has 0 saturated carbocycles. The molecular formula is C18H19ClN4. The lowest BCUT2D eigenvalue weighted by atomic mass is 9.98. The van der Waals surface area contributed by atoms with E-state index >= 15 is 0 Å². The van der Waals surface area contributed by atoms with Crippen LogP contribution in [0.5, 0.6) is 0 Å². The Hall–Kier alpha value is -1.91. The number of imidazole rings is 1. The minimum atomic E-state index is 0.628. The van der Waals surface area contributed by atoms with Gasteiger partial charge in [-0.3, -0.25) is 0 Å². The van der Waals surface area contributed by atoms with Gasteiger partial charge in [0.05, 0.1) is 5.02 Å². The lowest BCUT2D eigenvalue weighted by Gasteiger charge is -2.23. The number of nitrogens with zero attached hydrogens (tertiary/aromatic N) is 3. The third-order valence-corrected chi connectivity index (χ3v) is 4.69. The van der Waals surface area contributed by atoms with E-state index in [9.17, 15) is 0 Å². The first-order valence-electron chi connectivity index (χ1n) is 8.09. The van der Waals surface area contributed by atoms with Gasteiger partial charge in [-0.05, 0) is 37.9 Å². The van der Waals surface area contributed by atoms with Gasteiger partial charge in [0, 0.05) is 18.3 Å². The monoisotopic (exact) mass is 326 g/mol. The average Bonchev–Trinajstić information content (AvgIpc) is 2.94. The van der Waals surface area contributed by atoms with Crippen LogP contribution in [0.2, 0.25) is 5.02 Å². The highest BCUT2D eigenvalue weighted by atomic mass is 35.5. The smallest absolute Gasteiger partial charge is 0.160 e. The Morgan fingerprint density at radius 2 is 1.96 bits per heavy atom. The molecule has 23 heavy (non-hydrogen) atoms. The molecule has 1 N–H and O–H groups in total. The second kappa shape index (κ2) is 6.30. The first-order chi connectivity index (χ1) is 11.3. The van der Waals surface area contributed by atoms with Crippen LogP contribution in [0.4, 0.5) is 0 Å². The SMILES string of the molecule is Clc1cnc2c(c1)nc(-c1ccccc1)n2CC1CCNCC1. The normalized spacial score (nSPS) is 16.0. The molecule has 0 bridgehead atoms. The maximum atomic E-state index is 6.10. The maximum Gasteiger partial charge on any atom is 0.160 e. The first kappa shape index (κ1) is 14.7. The van der Waals surface area contributed by atoms with E-state index in [1.54, 1.807) is 6.20 Å². The Morgan fingerprint density at radius 3 is 2.74 bits per heavy atom. The van der Waals surface area contributed by atoms with Crippen molar-refractivity contribution < 1.29 is 0 Å². The summed E-state index contributed by atoms with van der Waals surface area (Å²) in [6.45, 7) is 3.14. The topological polar surface area (TPSA) is 42.7 Å². The summed E-state index contributed by atoms with van der Waals surface area (Å²) in [5, 5.41) is 4.06. The van der Waals surface area contributed by atoms with Crippen molar-refractivity contribution in [1.29, 1.82) is 0 Å². The molecule has 118 valence electrons. The van der Waals surface area contributed by atoms with Gasteiger partial charge in [0.1, 0.15) is 11.3 Å². The fraction of sp³-hybridized carbons (Fsp3) is 0.333. The molecule has 1 aliphatic rings. The molecule has 2 aromatic heterocycles. The summed E-state index contributed by atoms with van der Waals surface area (Å²) in [6, 6.07) is 12.2. The molecule has 0 radical (unpaired) electrons. The minimum Gasteiger partial charge on any atom is -0.317 e. The quantitative estimate of drug-likeness (QED) is 0.797. The molecule has 1 fully saturated rings. The Kier molecular flexibility index (Phi) is 4.02. The van der Waals surface area contributed by atoms with Gasteiger partial charge in [-0.15, -0.1) is 0 Å². The van der Waals surface area contributed by atoms with Crippen LogP contribution in [0.25, 0.3) is 22.6 Å². The van der Waals surface area contributed by atoms with Crippen LogP contribution < -0.4 is 5.32 Å². The number of nitrogens with one attached hydrogen (secondary N) is 1. The summed E-state index contributed by atoms with van der Waals surface area (Å²) in [5.41, 5.74) is 2.91. The first-order valence-corrected chi connectivity index (χ1v) is 8.47. The third kappa shape index (κ3) is 2.96. The van der Waals surface area contributed by atoms with E-state index in [1.807, 2.05) is 24.3 Å². The fourth-order valence-electron chi connectivity index (χ4n) is 3.29. The van der Waals surface area contributed by atoms with Gasteiger partial charge in [-0.1, -0.05) is 41.9 Å². The molecule has 4 nitrogen and oxygen atoms in total. The van der Waals surface area contributed by atoms with E-state index in [4.69, 9.17) is 16.6 Å². The lowest BCUT2D eigenvalue weighted by Crippen LogP contribution is -2.30. The largest absolute Gasteiger partial charge is 0.317 e. The second-order valence-electron chi connectivity index (χ2n) is 6.10. The number of aromatic nitrogens is 3. The molecule has 1 aromatic carbocycles. The molecule has 0 spiro atoms. The maximum absolute atomic E-state index is 6.10. The molecule has 5 heteroatoms. The molecular weight excluding hydrogens is 308 g/mol. The van der Waals surface area contributed by atoms with Gasteiger partial charge < -0.3 is 9.88 Å². The van der Waals surface area contributed by atoms with Crippen molar-refractivity contribution >= 4 is 22.8 Å². The molecule has 3 heterocycles. The Bertz CT molecular complexity index is 807. The molecule has 4 rings (SSSR count). The molecule has 0 atom stereocenters. The van der Waals surface area contributed by atoms with Gasteiger partial charge in [0.25, 0.3) is 0 Å². The van der Waals surface area contributed by atoms with Crippen molar-refractivity contribution in [2.75, 3.05) is 13.1 Å². The molecule has 1 saturated heterocycles. The van der Waals surface area contributed by atoms with Crippen LogP contribution in [0, 0.1) is 5.92 Å². The van der Waals surface area contributed by atoms with E-state index in [2.05, 4.69) is 27.0 Å². The van der Waals surface area contributed by atoms with E-state index < -0.39 is 0 Å². The molecule has 0 aliphatic carbocycles. The van der Waals surface area contributed by atoms with Gasteiger partial charge in [0.15, 0.2) is 5.65 Å². The van der Waals surface area contributed by atoms with Crippen molar-refractivity contribution in [3.05, 3.63) is 47.6 Å². The molecule has 0 unspecified atom stereocenters. The van der Waals surface area contributed by atoms with Crippen molar-refractivity contribution in [3.63, 3.8) is 0 Å². The van der Waals surface area contributed by atoms with E-state index in [1.165, 1.54) is 12.8 Å². The lowest BCUT2D eigenvalue weighted by molar-refractivity contribution is 0.337. The number of pyridine rings is 1. The standard InChI is InChI=1S/C18H19ClN4/c19-15-10-16-18(21-11-15)23(12-13-6-8-20-9-7-13)17(22-16)14-4-2-1-3-5-14/h1-5,10-11,13,20H,6-9,12H2. The van der Waals surface area contributed by atoms with Crippen LogP contribution >= 0.6 is 11.6 Å². The highest BCUT2D eigenvalue weighted by Gasteiger charge is 2.19. The third-order valence-electron chi connectivity index (χ3n) is 4.48. The van der Waals surface area contributed by atoms with E-state index in [0.717, 1.165) is 42.2 Å². The Labute approximate surface area is 140 Å². The van der Waals surface area contributed by atoms with Crippen molar-refractivity contribution in [1.82, 2.24) is 19.9 Å². The predicted octanol–water partition coefficient (Wildman–Crippen LogP) is 3.75. The van der Waals surface area contributed by atoms with Crippen molar-refractivity contribution in [2.24, 2.45) is 5.92 Å². The predicted molar refractivity (Wildman–Crippen MR) is 93.6 cm³/mol.